The van der Waals surface area contributed by atoms with Crippen LogP contribution in [0.25, 0.3) is 0 Å². The van der Waals surface area contributed by atoms with Crippen LogP contribution >= 0.6 is 34.7 Å². The minimum atomic E-state index is -0.409. The van der Waals surface area contributed by atoms with Crippen LogP contribution in [-0.2, 0) is 9.53 Å². The first-order chi connectivity index (χ1) is 14.0. The number of carbonyl (C=O) groups excluding carboxylic acids is 2. The van der Waals surface area contributed by atoms with Crippen LogP contribution in [0.3, 0.4) is 0 Å². The van der Waals surface area contributed by atoms with Gasteiger partial charge in [-0.1, -0.05) is 41.6 Å². The molecule has 2 rings (SSSR count). The maximum Gasteiger partial charge on any atom is 0.316 e. The average molecular weight is 460 g/mol. The second-order valence-electron chi connectivity index (χ2n) is 5.49. The Morgan fingerprint density at radius 1 is 1.17 bits per heavy atom. The summed E-state index contributed by atoms with van der Waals surface area (Å²) < 4.78 is 16.6. The molecule has 1 N–H and O–H groups in total. The minimum absolute atomic E-state index is 0.128. The molecule has 0 saturated heterocycles. The van der Waals surface area contributed by atoms with E-state index in [9.17, 15) is 9.59 Å². The standard InChI is InChI=1S/C18H22ClN3O5S2/c1-4-7-27-15-12(19)8-11(9-13(15)25-5-2)16(24)20-17-21-22-18(29-17)28-10-14(23)26-6-3/h8-9H,4-7,10H2,1-3H3,(H,20,21,24). The SMILES string of the molecule is CCCOc1c(Cl)cc(C(=O)Nc2nnc(SCC(=O)OCC)s2)cc1OCC. The topological polar surface area (TPSA) is 99.6 Å². The van der Waals surface area contributed by atoms with Crippen molar-refractivity contribution >= 4 is 51.7 Å². The number of amides is 1. The van der Waals surface area contributed by atoms with Crippen molar-refractivity contribution < 1.29 is 23.8 Å². The molecule has 0 unspecified atom stereocenters. The Bertz CT molecular complexity index is 847. The van der Waals surface area contributed by atoms with Gasteiger partial charge in [0.25, 0.3) is 5.91 Å². The van der Waals surface area contributed by atoms with Gasteiger partial charge in [-0.2, -0.15) is 0 Å². The number of aromatic nitrogens is 2. The van der Waals surface area contributed by atoms with E-state index in [2.05, 4.69) is 15.5 Å². The minimum Gasteiger partial charge on any atom is -0.490 e. The van der Waals surface area contributed by atoms with Gasteiger partial charge in [0.15, 0.2) is 15.8 Å². The lowest BCUT2D eigenvalue weighted by molar-refractivity contribution is -0.139. The van der Waals surface area contributed by atoms with Crippen LogP contribution in [0.1, 0.15) is 37.6 Å². The Labute approximate surface area is 182 Å². The highest BCUT2D eigenvalue weighted by atomic mass is 35.5. The van der Waals surface area contributed by atoms with Crippen molar-refractivity contribution in [3.05, 3.63) is 22.7 Å². The van der Waals surface area contributed by atoms with E-state index in [-0.39, 0.29) is 16.7 Å². The molecule has 1 aromatic heterocycles. The summed E-state index contributed by atoms with van der Waals surface area (Å²) in [6.07, 6.45) is 0.817. The molecule has 8 nitrogen and oxygen atoms in total. The third-order valence-corrected chi connectivity index (χ3v) is 5.49. The molecule has 0 fully saturated rings. The van der Waals surface area contributed by atoms with Gasteiger partial charge in [0, 0.05) is 5.56 Å². The molecular formula is C18H22ClN3O5S2. The number of nitrogens with one attached hydrogen (secondary N) is 1. The normalized spacial score (nSPS) is 10.5. The Kier molecular flexibility index (Phi) is 9.49. The summed E-state index contributed by atoms with van der Waals surface area (Å²) in [6, 6.07) is 3.09. The van der Waals surface area contributed by atoms with Gasteiger partial charge in [-0.15, -0.1) is 10.2 Å². The highest BCUT2D eigenvalue weighted by Crippen LogP contribution is 2.37. The summed E-state index contributed by atoms with van der Waals surface area (Å²) in [6.45, 7) is 6.78. The summed E-state index contributed by atoms with van der Waals surface area (Å²) in [7, 11) is 0. The van der Waals surface area contributed by atoms with E-state index in [0.29, 0.717) is 46.4 Å². The van der Waals surface area contributed by atoms with Crippen molar-refractivity contribution in [2.75, 3.05) is 30.9 Å². The highest BCUT2D eigenvalue weighted by Gasteiger charge is 2.18. The molecule has 0 aliphatic rings. The number of halogens is 1. The Hall–Kier alpha value is -2.04. The van der Waals surface area contributed by atoms with Crippen molar-refractivity contribution in [1.29, 1.82) is 0 Å². The second kappa shape index (κ2) is 11.8. The molecule has 0 bridgehead atoms. The van der Waals surface area contributed by atoms with E-state index in [1.807, 2.05) is 13.8 Å². The average Bonchev–Trinajstić information content (AvgIpc) is 3.13. The van der Waals surface area contributed by atoms with Gasteiger partial charge >= 0.3 is 5.97 Å². The van der Waals surface area contributed by atoms with Crippen LogP contribution in [0.2, 0.25) is 5.02 Å². The molecule has 0 saturated carbocycles. The number of hydrogen-bond donors (Lipinski definition) is 1. The van der Waals surface area contributed by atoms with E-state index in [1.165, 1.54) is 17.8 Å². The summed E-state index contributed by atoms with van der Waals surface area (Å²) in [5, 5.41) is 11.1. The van der Waals surface area contributed by atoms with Gasteiger partial charge in [0.1, 0.15) is 0 Å². The van der Waals surface area contributed by atoms with Gasteiger partial charge < -0.3 is 14.2 Å². The highest BCUT2D eigenvalue weighted by molar-refractivity contribution is 8.01. The predicted octanol–water partition coefficient (Wildman–Crippen LogP) is 4.29. The van der Waals surface area contributed by atoms with Crippen LogP contribution < -0.4 is 14.8 Å². The van der Waals surface area contributed by atoms with Crippen molar-refractivity contribution in [1.82, 2.24) is 10.2 Å². The molecular weight excluding hydrogens is 438 g/mol. The number of rotatable bonds is 11. The second-order valence-corrected chi connectivity index (χ2v) is 8.09. The number of ether oxygens (including phenoxy) is 3. The number of nitrogens with zero attached hydrogens (tertiary/aromatic N) is 2. The molecule has 0 atom stereocenters. The van der Waals surface area contributed by atoms with Gasteiger partial charge in [-0.05, 0) is 32.4 Å². The number of carbonyl (C=O) groups is 2. The zero-order valence-electron chi connectivity index (χ0n) is 16.3. The molecule has 1 heterocycles. The fourth-order valence-electron chi connectivity index (χ4n) is 2.12. The monoisotopic (exact) mass is 459 g/mol. The molecule has 2 aromatic rings. The van der Waals surface area contributed by atoms with E-state index in [0.717, 1.165) is 17.8 Å². The molecule has 0 radical (unpaired) electrons. The molecule has 1 amide bonds. The van der Waals surface area contributed by atoms with Crippen molar-refractivity contribution in [3.63, 3.8) is 0 Å². The first kappa shape index (κ1) is 23.2. The largest absolute Gasteiger partial charge is 0.490 e. The smallest absolute Gasteiger partial charge is 0.316 e. The van der Waals surface area contributed by atoms with Crippen LogP contribution in [0, 0.1) is 0 Å². The molecule has 0 spiro atoms. The third kappa shape index (κ3) is 7.06. The molecule has 1 aromatic carbocycles. The zero-order chi connectivity index (χ0) is 21.2. The Balaban J connectivity index is 2.07. The first-order valence-corrected chi connectivity index (χ1v) is 11.2. The fraction of sp³-hybridized carbons (Fsp3) is 0.444. The van der Waals surface area contributed by atoms with Crippen LogP contribution in [0.5, 0.6) is 11.5 Å². The van der Waals surface area contributed by atoms with E-state index < -0.39 is 5.91 Å². The van der Waals surface area contributed by atoms with Gasteiger partial charge in [-0.3, -0.25) is 14.9 Å². The van der Waals surface area contributed by atoms with Crippen LogP contribution in [-0.4, -0.2) is 47.6 Å². The molecule has 29 heavy (non-hydrogen) atoms. The third-order valence-electron chi connectivity index (χ3n) is 3.27. The number of benzene rings is 1. The van der Waals surface area contributed by atoms with E-state index in [4.69, 9.17) is 25.8 Å². The molecule has 11 heteroatoms. The van der Waals surface area contributed by atoms with E-state index in [1.54, 1.807) is 13.0 Å². The zero-order valence-corrected chi connectivity index (χ0v) is 18.7. The number of esters is 1. The summed E-state index contributed by atoms with van der Waals surface area (Å²) in [5.74, 6) is 0.208. The van der Waals surface area contributed by atoms with Crippen LogP contribution in [0.4, 0.5) is 5.13 Å². The predicted molar refractivity (Wildman–Crippen MR) is 114 cm³/mol. The Morgan fingerprint density at radius 2 is 1.97 bits per heavy atom. The molecule has 0 aliphatic heterocycles. The molecule has 158 valence electrons. The number of anilines is 1. The number of thioether (sulfide) groups is 1. The lowest BCUT2D eigenvalue weighted by Crippen LogP contribution is -2.12. The van der Waals surface area contributed by atoms with Crippen molar-refractivity contribution in [2.45, 2.75) is 31.5 Å². The van der Waals surface area contributed by atoms with Gasteiger partial charge in [-0.25, -0.2) is 0 Å². The number of hydrogen-bond acceptors (Lipinski definition) is 9. The molecule has 0 aliphatic carbocycles. The van der Waals surface area contributed by atoms with Crippen molar-refractivity contribution in [2.24, 2.45) is 0 Å². The lowest BCUT2D eigenvalue weighted by Gasteiger charge is -2.14. The Morgan fingerprint density at radius 3 is 2.66 bits per heavy atom. The maximum absolute atomic E-state index is 12.6. The maximum atomic E-state index is 12.6. The fourth-order valence-corrected chi connectivity index (χ4v) is 3.93. The quantitative estimate of drug-likeness (QED) is 0.302. The van der Waals surface area contributed by atoms with Gasteiger partial charge in [0.2, 0.25) is 5.13 Å². The van der Waals surface area contributed by atoms with E-state index >= 15 is 0 Å². The summed E-state index contributed by atoms with van der Waals surface area (Å²) in [4.78, 5) is 24.0. The summed E-state index contributed by atoms with van der Waals surface area (Å²) >= 11 is 8.65. The lowest BCUT2D eigenvalue weighted by atomic mass is 10.2. The summed E-state index contributed by atoms with van der Waals surface area (Å²) in [5.41, 5.74) is 0.304. The van der Waals surface area contributed by atoms with Crippen molar-refractivity contribution in [3.8, 4) is 11.5 Å². The first-order valence-electron chi connectivity index (χ1n) is 9.00. The van der Waals surface area contributed by atoms with Crippen LogP contribution in [0.15, 0.2) is 16.5 Å². The van der Waals surface area contributed by atoms with Gasteiger partial charge in [0.05, 0.1) is 30.6 Å².